The molecule has 0 unspecified atom stereocenters. The molecular formula is C13H15N3O3. The van der Waals surface area contributed by atoms with Crippen LogP contribution >= 0.6 is 0 Å². The van der Waals surface area contributed by atoms with Crippen LogP contribution in [0.15, 0.2) is 24.5 Å². The first-order valence-corrected chi connectivity index (χ1v) is 5.76. The highest BCUT2D eigenvalue weighted by atomic mass is 16.5. The van der Waals surface area contributed by atoms with Gasteiger partial charge in [-0.1, -0.05) is 0 Å². The molecule has 1 aromatic rings. The van der Waals surface area contributed by atoms with Crippen LogP contribution in [-0.2, 0) is 9.53 Å². The van der Waals surface area contributed by atoms with Gasteiger partial charge in [0.05, 0.1) is 13.2 Å². The number of nitriles is 1. The highest BCUT2D eigenvalue weighted by Gasteiger charge is 2.24. The minimum atomic E-state index is -0.833. The molecule has 0 spiro atoms. The molecule has 0 aliphatic rings. The van der Waals surface area contributed by atoms with Crippen LogP contribution in [-0.4, -0.2) is 30.0 Å². The van der Waals surface area contributed by atoms with Crippen molar-refractivity contribution in [1.29, 1.82) is 5.26 Å². The molecule has 1 aromatic heterocycles. The van der Waals surface area contributed by atoms with Crippen LogP contribution in [0.2, 0.25) is 0 Å². The molecule has 19 heavy (non-hydrogen) atoms. The van der Waals surface area contributed by atoms with Crippen LogP contribution in [0.5, 0.6) is 0 Å². The second kappa shape index (κ2) is 7.11. The molecule has 1 N–H and O–H groups in total. The number of pyridine rings is 1. The van der Waals surface area contributed by atoms with Gasteiger partial charge in [0.1, 0.15) is 6.04 Å². The summed E-state index contributed by atoms with van der Waals surface area (Å²) in [6.07, 6.45) is 3.18. The maximum atomic E-state index is 11.9. The van der Waals surface area contributed by atoms with Gasteiger partial charge in [-0.25, -0.2) is 4.79 Å². The molecule has 1 heterocycles. The second-order valence-electron chi connectivity index (χ2n) is 4.05. The third-order valence-corrected chi connectivity index (χ3v) is 2.54. The Morgan fingerprint density at radius 1 is 1.47 bits per heavy atom. The van der Waals surface area contributed by atoms with Crippen molar-refractivity contribution < 1.29 is 14.3 Å². The van der Waals surface area contributed by atoms with Gasteiger partial charge in [-0.05, 0) is 25.5 Å². The third kappa shape index (κ3) is 4.39. The Kier molecular flexibility index (Phi) is 5.48. The Hall–Kier alpha value is -2.42. The van der Waals surface area contributed by atoms with Crippen LogP contribution in [0.25, 0.3) is 0 Å². The fourth-order valence-corrected chi connectivity index (χ4v) is 1.51. The molecular weight excluding hydrogens is 246 g/mol. The predicted octanol–water partition coefficient (Wildman–Crippen LogP) is 0.903. The molecule has 0 aliphatic carbocycles. The molecule has 2 atom stereocenters. The molecule has 0 saturated carbocycles. The zero-order chi connectivity index (χ0) is 14.3. The summed E-state index contributed by atoms with van der Waals surface area (Å²) >= 11 is 0. The second-order valence-corrected chi connectivity index (χ2v) is 4.05. The average molecular weight is 261 g/mol. The van der Waals surface area contributed by atoms with Crippen molar-refractivity contribution in [2.24, 2.45) is 5.92 Å². The zero-order valence-electron chi connectivity index (χ0n) is 10.8. The molecule has 0 bridgehead atoms. The Bertz CT molecular complexity index is 482. The van der Waals surface area contributed by atoms with Gasteiger partial charge in [0.25, 0.3) is 5.91 Å². The Morgan fingerprint density at radius 2 is 2.11 bits per heavy atom. The molecule has 100 valence electrons. The minimum Gasteiger partial charge on any atom is -0.467 e. The molecule has 1 rings (SSSR count). The number of methoxy groups -OCH3 is 1. The summed E-state index contributed by atoms with van der Waals surface area (Å²) in [5.41, 5.74) is 0.397. The number of hydrogen-bond acceptors (Lipinski definition) is 5. The van der Waals surface area contributed by atoms with E-state index in [0.717, 1.165) is 0 Å². The van der Waals surface area contributed by atoms with E-state index in [0.29, 0.717) is 5.56 Å². The van der Waals surface area contributed by atoms with E-state index < -0.39 is 17.9 Å². The molecule has 6 heteroatoms. The molecule has 0 aliphatic heterocycles. The molecule has 0 saturated heterocycles. The van der Waals surface area contributed by atoms with Gasteiger partial charge in [0.2, 0.25) is 0 Å². The first-order valence-electron chi connectivity index (χ1n) is 5.76. The van der Waals surface area contributed by atoms with Crippen molar-refractivity contribution in [3.8, 4) is 6.07 Å². The van der Waals surface area contributed by atoms with E-state index in [1.54, 1.807) is 6.92 Å². The lowest BCUT2D eigenvalue weighted by Gasteiger charge is -2.17. The minimum absolute atomic E-state index is 0.208. The highest BCUT2D eigenvalue weighted by Crippen LogP contribution is 2.07. The van der Waals surface area contributed by atoms with Gasteiger partial charge in [0.15, 0.2) is 0 Å². The summed E-state index contributed by atoms with van der Waals surface area (Å²) in [5.74, 6) is -1.32. The molecule has 0 fully saturated rings. The number of aromatic nitrogens is 1. The summed E-state index contributed by atoms with van der Waals surface area (Å²) in [7, 11) is 1.24. The van der Waals surface area contributed by atoms with Gasteiger partial charge in [-0.2, -0.15) is 5.26 Å². The first kappa shape index (κ1) is 14.6. The van der Waals surface area contributed by atoms with E-state index >= 15 is 0 Å². The number of nitrogens with zero attached hydrogens (tertiary/aromatic N) is 2. The largest absolute Gasteiger partial charge is 0.467 e. The van der Waals surface area contributed by atoms with Crippen LogP contribution < -0.4 is 5.32 Å². The normalized spacial score (nSPS) is 12.9. The van der Waals surface area contributed by atoms with Gasteiger partial charge in [-0.15, -0.1) is 0 Å². The SMILES string of the molecule is COC(=O)[C@H](C[C@H](C)C#N)NC(=O)c1ccncc1. The summed E-state index contributed by atoms with van der Waals surface area (Å²) < 4.78 is 4.62. The van der Waals surface area contributed by atoms with E-state index in [1.807, 2.05) is 6.07 Å². The summed E-state index contributed by atoms with van der Waals surface area (Å²) in [5, 5.41) is 11.3. The van der Waals surface area contributed by atoms with Crippen LogP contribution in [0.4, 0.5) is 0 Å². The highest BCUT2D eigenvalue weighted by molar-refractivity contribution is 5.96. The van der Waals surface area contributed by atoms with E-state index in [2.05, 4.69) is 15.0 Å². The molecule has 0 radical (unpaired) electrons. The number of esters is 1. The predicted molar refractivity (Wildman–Crippen MR) is 66.9 cm³/mol. The first-order chi connectivity index (χ1) is 9.08. The van der Waals surface area contributed by atoms with Gasteiger partial charge in [0, 0.05) is 23.9 Å². The van der Waals surface area contributed by atoms with E-state index in [1.165, 1.54) is 31.6 Å². The number of ether oxygens (including phenoxy) is 1. The summed E-state index contributed by atoms with van der Waals surface area (Å²) in [4.78, 5) is 27.3. The van der Waals surface area contributed by atoms with Crippen molar-refractivity contribution in [2.75, 3.05) is 7.11 Å². The maximum Gasteiger partial charge on any atom is 0.328 e. The van der Waals surface area contributed by atoms with Crippen molar-refractivity contribution in [1.82, 2.24) is 10.3 Å². The lowest BCUT2D eigenvalue weighted by atomic mass is 10.0. The van der Waals surface area contributed by atoms with Gasteiger partial charge in [-0.3, -0.25) is 9.78 Å². The summed E-state index contributed by atoms with van der Waals surface area (Å²) in [6.45, 7) is 1.68. The monoisotopic (exact) mass is 261 g/mol. The van der Waals surface area contributed by atoms with Crippen molar-refractivity contribution >= 4 is 11.9 Å². The van der Waals surface area contributed by atoms with Gasteiger partial charge >= 0.3 is 5.97 Å². The van der Waals surface area contributed by atoms with Crippen LogP contribution in [0.3, 0.4) is 0 Å². The van der Waals surface area contributed by atoms with Crippen molar-refractivity contribution in [3.63, 3.8) is 0 Å². The molecule has 0 aromatic carbocycles. The number of carbonyl (C=O) groups is 2. The van der Waals surface area contributed by atoms with Crippen LogP contribution in [0, 0.1) is 17.2 Å². The number of hydrogen-bond donors (Lipinski definition) is 1. The fourth-order valence-electron chi connectivity index (χ4n) is 1.51. The van der Waals surface area contributed by atoms with Crippen molar-refractivity contribution in [3.05, 3.63) is 30.1 Å². The van der Waals surface area contributed by atoms with E-state index in [-0.39, 0.29) is 12.3 Å². The topological polar surface area (TPSA) is 92.1 Å². The number of carbonyl (C=O) groups excluding carboxylic acids is 2. The van der Waals surface area contributed by atoms with Gasteiger partial charge < -0.3 is 10.1 Å². The molecule has 6 nitrogen and oxygen atoms in total. The van der Waals surface area contributed by atoms with Crippen molar-refractivity contribution in [2.45, 2.75) is 19.4 Å². The van der Waals surface area contributed by atoms with E-state index in [4.69, 9.17) is 5.26 Å². The standard InChI is InChI=1S/C13H15N3O3/c1-9(8-14)7-11(13(18)19-2)16-12(17)10-3-5-15-6-4-10/h3-6,9,11H,7H2,1-2H3,(H,16,17)/t9-,11-/m0/s1. The number of nitrogens with one attached hydrogen (secondary N) is 1. The van der Waals surface area contributed by atoms with Crippen LogP contribution in [0.1, 0.15) is 23.7 Å². The number of amides is 1. The lowest BCUT2D eigenvalue weighted by molar-refractivity contribution is -0.143. The third-order valence-electron chi connectivity index (χ3n) is 2.54. The summed E-state index contributed by atoms with van der Waals surface area (Å²) in [6, 6.07) is 4.26. The fraction of sp³-hybridized carbons (Fsp3) is 0.385. The average Bonchev–Trinajstić information content (AvgIpc) is 2.46. The Balaban J connectivity index is 2.75. The smallest absolute Gasteiger partial charge is 0.328 e. The Labute approximate surface area is 111 Å². The quantitative estimate of drug-likeness (QED) is 0.795. The Morgan fingerprint density at radius 3 is 2.63 bits per heavy atom. The van der Waals surface area contributed by atoms with E-state index in [9.17, 15) is 9.59 Å². The lowest BCUT2D eigenvalue weighted by Crippen LogP contribution is -2.42. The maximum absolute atomic E-state index is 11.9. The molecule has 1 amide bonds. The number of rotatable bonds is 5. The zero-order valence-corrected chi connectivity index (χ0v) is 10.8.